The lowest BCUT2D eigenvalue weighted by atomic mass is 10.1. The molecule has 0 unspecified atom stereocenters. The van der Waals surface area contributed by atoms with E-state index in [1.165, 1.54) is 11.3 Å². The van der Waals surface area contributed by atoms with E-state index in [0.717, 1.165) is 17.4 Å². The summed E-state index contributed by atoms with van der Waals surface area (Å²) in [6.07, 6.45) is 1.52. The average Bonchev–Trinajstić information content (AvgIpc) is 2.60. The summed E-state index contributed by atoms with van der Waals surface area (Å²) in [5, 5.41) is 0.708. The Morgan fingerprint density at radius 1 is 1.25 bits per heavy atom. The molecule has 0 amide bonds. The summed E-state index contributed by atoms with van der Waals surface area (Å²) in [5.74, 6) is 0. The molecule has 0 bridgehead atoms. The minimum absolute atomic E-state index is 0.655. The van der Waals surface area contributed by atoms with Gasteiger partial charge in [-0.25, -0.2) is 0 Å². The molecule has 2 aromatic rings. The smallest absolute Gasteiger partial charge is 0.160 e. The Kier molecular flexibility index (Phi) is 3.64. The third kappa shape index (κ3) is 2.64. The number of hydrogen-bond acceptors (Lipinski definition) is 2. The van der Waals surface area contributed by atoms with Gasteiger partial charge in [0, 0.05) is 5.02 Å². The molecule has 1 heterocycles. The molecular formula is C12H8Cl2OS. The summed E-state index contributed by atoms with van der Waals surface area (Å²) in [4.78, 5) is 11.3. The molecule has 0 aliphatic carbocycles. The van der Waals surface area contributed by atoms with Crippen LogP contribution < -0.4 is 0 Å². The molecule has 0 spiro atoms. The first-order valence-electron chi connectivity index (χ1n) is 4.67. The fourth-order valence-electron chi connectivity index (χ4n) is 1.47. The number of rotatable bonds is 3. The predicted molar refractivity (Wildman–Crippen MR) is 69.0 cm³/mol. The number of benzene rings is 1. The van der Waals surface area contributed by atoms with Gasteiger partial charge in [-0.05, 0) is 35.7 Å². The van der Waals surface area contributed by atoms with E-state index in [2.05, 4.69) is 0 Å². The number of aldehydes is 1. The maximum Gasteiger partial charge on any atom is 0.160 e. The van der Waals surface area contributed by atoms with E-state index in [1.807, 2.05) is 30.3 Å². The zero-order valence-electron chi connectivity index (χ0n) is 8.24. The highest BCUT2D eigenvalue weighted by atomic mass is 35.5. The highest BCUT2D eigenvalue weighted by Crippen LogP contribution is 2.29. The Morgan fingerprint density at radius 3 is 2.69 bits per heavy atom. The largest absolute Gasteiger partial charge is 0.297 e. The summed E-state index contributed by atoms with van der Waals surface area (Å²) >= 11 is 13.2. The van der Waals surface area contributed by atoms with E-state index in [0.29, 0.717) is 20.7 Å². The number of hydrogen-bond donors (Lipinski definition) is 0. The van der Waals surface area contributed by atoms with Crippen LogP contribution in [0.15, 0.2) is 30.3 Å². The molecule has 0 fully saturated rings. The van der Waals surface area contributed by atoms with E-state index < -0.39 is 0 Å². The van der Waals surface area contributed by atoms with Crippen LogP contribution in [0, 0.1) is 0 Å². The van der Waals surface area contributed by atoms with Gasteiger partial charge in [0.25, 0.3) is 0 Å². The Hall–Kier alpha value is -0.830. The predicted octanol–water partition coefficient (Wildman–Crippen LogP) is 4.46. The fourth-order valence-corrected chi connectivity index (χ4v) is 2.79. The molecule has 0 N–H and O–H groups in total. The van der Waals surface area contributed by atoms with Crippen molar-refractivity contribution in [3.8, 4) is 0 Å². The number of thiophene rings is 1. The molecule has 1 aromatic heterocycles. The molecule has 0 aliphatic heterocycles. The molecule has 82 valence electrons. The molecule has 4 heteroatoms. The van der Waals surface area contributed by atoms with Crippen LogP contribution in [0.2, 0.25) is 9.36 Å². The molecule has 0 atom stereocenters. The van der Waals surface area contributed by atoms with E-state index in [4.69, 9.17) is 23.2 Å². The van der Waals surface area contributed by atoms with Crippen molar-refractivity contribution in [2.75, 3.05) is 0 Å². The van der Waals surface area contributed by atoms with Gasteiger partial charge in [-0.1, -0.05) is 35.3 Å². The zero-order valence-corrected chi connectivity index (χ0v) is 10.6. The van der Waals surface area contributed by atoms with Crippen molar-refractivity contribution < 1.29 is 4.79 Å². The fraction of sp³-hybridized carbons (Fsp3) is 0.0833. The lowest BCUT2D eigenvalue weighted by molar-refractivity contribution is 0.112. The first kappa shape index (κ1) is 11.6. The normalized spacial score (nSPS) is 10.4. The highest BCUT2D eigenvalue weighted by Gasteiger charge is 2.07. The number of carbonyl (C=O) groups excluding carboxylic acids is 1. The summed E-state index contributed by atoms with van der Waals surface area (Å²) in [5.41, 5.74) is 2.06. The molecule has 0 saturated heterocycles. The molecule has 0 saturated carbocycles. The van der Waals surface area contributed by atoms with Gasteiger partial charge in [0.05, 0.1) is 9.21 Å². The summed E-state index contributed by atoms with van der Waals surface area (Å²) in [6.45, 7) is 0. The maximum atomic E-state index is 10.6. The van der Waals surface area contributed by atoms with Crippen LogP contribution in [0.4, 0.5) is 0 Å². The standard InChI is InChI=1S/C12H8Cl2OS/c13-10-3-1-2-8(5-10)4-9-6-11(7-15)16-12(9)14/h1-3,5-7H,4H2. The van der Waals surface area contributed by atoms with Crippen molar-refractivity contribution in [1.82, 2.24) is 0 Å². The van der Waals surface area contributed by atoms with Crippen molar-refractivity contribution >= 4 is 40.8 Å². The van der Waals surface area contributed by atoms with Gasteiger partial charge in [-0.15, -0.1) is 11.3 Å². The van der Waals surface area contributed by atoms with Gasteiger partial charge in [0.2, 0.25) is 0 Å². The molecule has 0 aliphatic rings. The Morgan fingerprint density at radius 2 is 2.06 bits per heavy atom. The highest BCUT2D eigenvalue weighted by molar-refractivity contribution is 7.17. The zero-order chi connectivity index (χ0) is 11.5. The van der Waals surface area contributed by atoms with Crippen molar-refractivity contribution in [2.45, 2.75) is 6.42 Å². The molecule has 16 heavy (non-hydrogen) atoms. The van der Waals surface area contributed by atoms with Crippen LogP contribution in [-0.4, -0.2) is 6.29 Å². The summed E-state index contributed by atoms with van der Waals surface area (Å²) in [6, 6.07) is 9.44. The van der Waals surface area contributed by atoms with Crippen molar-refractivity contribution in [2.24, 2.45) is 0 Å². The maximum absolute atomic E-state index is 10.6. The Balaban J connectivity index is 2.26. The SMILES string of the molecule is O=Cc1cc(Cc2cccc(Cl)c2)c(Cl)s1. The first-order valence-corrected chi connectivity index (χ1v) is 6.24. The third-order valence-corrected chi connectivity index (χ3v) is 3.78. The van der Waals surface area contributed by atoms with Gasteiger partial charge in [0.15, 0.2) is 6.29 Å². The van der Waals surface area contributed by atoms with Gasteiger partial charge in [0.1, 0.15) is 0 Å². The van der Waals surface area contributed by atoms with Crippen LogP contribution in [0.5, 0.6) is 0 Å². The number of carbonyl (C=O) groups is 1. The monoisotopic (exact) mass is 270 g/mol. The molecular weight excluding hydrogens is 263 g/mol. The summed E-state index contributed by atoms with van der Waals surface area (Å²) < 4.78 is 0.669. The van der Waals surface area contributed by atoms with Crippen LogP contribution in [0.1, 0.15) is 20.8 Å². The van der Waals surface area contributed by atoms with Crippen LogP contribution >= 0.6 is 34.5 Å². The van der Waals surface area contributed by atoms with Gasteiger partial charge in [-0.2, -0.15) is 0 Å². The second kappa shape index (κ2) is 5.00. The first-order chi connectivity index (χ1) is 7.69. The lowest BCUT2D eigenvalue weighted by Crippen LogP contribution is -1.86. The minimum Gasteiger partial charge on any atom is -0.297 e. The molecule has 1 aromatic carbocycles. The van der Waals surface area contributed by atoms with E-state index in [9.17, 15) is 4.79 Å². The average molecular weight is 271 g/mol. The Labute approximate surface area is 108 Å². The topological polar surface area (TPSA) is 17.1 Å². The van der Waals surface area contributed by atoms with Crippen molar-refractivity contribution in [3.05, 3.63) is 55.7 Å². The molecule has 1 nitrogen and oxygen atoms in total. The van der Waals surface area contributed by atoms with Crippen molar-refractivity contribution in [1.29, 1.82) is 0 Å². The van der Waals surface area contributed by atoms with E-state index in [1.54, 1.807) is 0 Å². The third-order valence-electron chi connectivity index (χ3n) is 2.18. The van der Waals surface area contributed by atoms with Crippen molar-refractivity contribution in [3.63, 3.8) is 0 Å². The second-order valence-corrected chi connectivity index (χ2v) is 5.49. The van der Waals surface area contributed by atoms with Crippen LogP contribution in [-0.2, 0) is 6.42 Å². The molecule has 2 rings (SSSR count). The van der Waals surface area contributed by atoms with Gasteiger partial charge >= 0.3 is 0 Å². The lowest BCUT2D eigenvalue weighted by Gasteiger charge is -2.00. The van der Waals surface area contributed by atoms with Gasteiger partial charge in [-0.3, -0.25) is 4.79 Å². The van der Waals surface area contributed by atoms with E-state index in [-0.39, 0.29) is 0 Å². The summed E-state index contributed by atoms with van der Waals surface area (Å²) in [7, 11) is 0. The second-order valence-electron chi connectivity index (χ2n) is 3.37. The minimum atomic E-state index is 0.655. The van der Waals surface area contributed by atoms with Gasteiger partial charge < -0.3 is 0 Å². The van der Waals surface area contributed by atoms with Crippen LogP contribution in [0.3, 0.4) is 0 Å². The molecule has 0 radical (unpaired) electrons. The quantitative estimate of drug-likeness (QED) is 0.753. The van der Waals surface area contributed by atoms with E-state index >= 15 is 0 Å². The van der Waals surface area contributed by atoms with Crippen LogP contribution in [0.25, 0.3) is 0 Å². The Bertz CT molecular complexity index is 519. The number of halogens is 2.